The number of methoxy groups -OCH3 is 5. The first-order valence-corrected chi connectivity index (χ1v) is 32.0. The molecule has 12 rings (SSSR count). The van der Waals surface area contributed by atoms with Crippen molar-refractivity contribution in [3.8, 4) is 51.0 Å². The Morgan fingerprint density at radius 3 is 1.37 bits per heavy atom. The van der Waals surface area contributed by atoms with E-state index in [2.05, 4.69) is 67.3 Å². The Morgan fingerprint density at radius 2 is 0.950 bits per heavy atom. The third-order valence-electron chi connectivity index (χ3n) is 16.1. The quantitative estimate of drug-likeness (QED) is 0.0741. The number of hydrogen-bond donors (Lipinski definition) is 1. The van der Waals surface area contributed by atoms with Crippen molar-refractivity contribution < 1.29 is 47.4 Å². The molecule has 0 bridgehead atoms. The largest absolute Gasteiger partial charge is 0.734 e. The van der Waals surface area contributed by atoms with E-state index in [-0.39, 0.29) is 39.7 Å². The average Bonchev–Trinajstić information content (AvgIpc) is 1.65. The molecule has 0 amide bonds. The van der Waals surface area contributed by atoms with E-state index >= 15 is 0 Å². The second-order valence-electron chi connectivity index (χ2n) is 22.9. The number of halogens is 4. The topological polar surface area (TPSA) is 246 Å². The molecule has 101 heavy (non-hydrogen) atoms. The van der Waals surface area contributed by atoms with E-state index < -0.39 is 18.3 Å². The molecule has 13 radical (unpaired) electrons. The summed E-state index contributed by atoms with van der Waals surface area (Å²) in [5, 5.41) is 18.7. The van der Waals surface area contributed by atoms with Crippen molar-refractivity contribution in [2.75, 3.05) is 35.5 Å². The van der Waals surface area contributed by atoms with Crippen LogP contribution in [0.4, 0.5) is 0 Å². The minimum atomic E-state index is -0.562. The van der Waals surface area contributed by atoms with Gasteiger partial charge in [-0.15, -0.1) is 0 Å². The Morgan fingerprint density at radius 1 is 0.574 bits per heavy atom. The minimum absolute atomic E-state index is 0. The van der Waals surface area contributed by atoms with Crippen LogP contribution in [0.1, 0.15) is 77.3 Å². The van der Waals surface area contributed by atoms with Crippen LogP contribution in [0, 0.1) is 0 Å². The van der Waals surface area contributed by atoms with Crippen LogP contribution < -0.4 is 45.8 Å². The number of fused-ring (bicyclic) bond motifs is 3. The number of pyridine rings is 3. The van der Waals surface area contributed by atoms with Gasteiger partial charge in [0.05, 0.1) is 110 Å². The van der Waals surface area contributed by atoms with E-state index in [0.717, 1.165) is 74.3 Å². The molecule has 22 nitrogen and oxygen atoms in total. The molecule has 0 aliphatic carbocycles. The fourth-order valence-electron chi connectivity index (χ4n) is 10.3. The van der Waals surface area contributed by atoms with Gasteiger partial charge in [-0.3, -0.25) is 50.3 Å². The zero-order valence-electron chi connectivity index (χ0n) is 56.6. The lowest BCUT2D eigenvalue weighted by Crippen LogP contribution is -2.41. The number of aromatic amines is 1. The summed E-state index contributed by atoms with van der Waals surface area (Å²) in [5.41, 5.74) is 6.82. The lowest BCUT2D eigenvalue weighted by atomic mass is 9.40. The number of rotatable bonds is 15. The second-order valence-corrected chi connectivity index (χ2v) is 25.0. The van der Waals surface area contributed by atoms with Crippen LogP contribution >= 0.6 is 50.7 Å². The minimum Gasteiger partial charge on any atom is -0.734 e. The average molecular weight is 1480 g/mol. The first-order valence-electron chi connectivity index (χ1n) is 30.1. The molecule has 1 N–H and O–H groups in total. The number of H-pyrrole nitrogens is 1. The summed E-state index contributed by atoms with van der Waals surface area (Å²) < 4.78 is 47.1. The van der Waals surface area contributed by atoms with Crippen LogP contribution in [0.15, 0.2) is 141 Å². The summed E-state index contributed by atoms with van der Waals surface area (Å²) in [4.78, 5) is 70.9. The SMILES string of the molecule is C.COc1cc(-c2cn(C)c(=O)c3[nH]ncc23)cc(Cl)c1C=O.COc1cc(Br)cc(Cl)c1C=O.COc1ccc(Cn2ncc3c(-c4cc(Cl)c(C=O)c(OC)c4)cn(C)c(=O)c32)cc1.COc1ccc(Cn2ncc3c(B4OC(C)(C)C(C)(C)O4)cn(C)c(=O)c32)cc1.[B-][B][B-].[B][B][B-]. The van der Waals surface area contributed by atoms with Crippen molar-refractivity contribution in [1.29, 1.82) is 0 Å². The third-order valence-corrected chi connectivity index (χ3v) is 17.5. The molecule has 6 aromatic heterocycles. The highest BCUT2D eigenvalue weighted by atomic mass is 79.9. The molecule has 5 aromatic carbocycles. The zero-order valence-corrected chi connectivity index (χ0v) is 60.5. The van der Waals surface area contributed by atoms with E-state index in [1.807, 2.05) is 76.2 Å². The molecule has 0 unspecified atom stereocenters. The summed E-state index contributed by atoms with van der Waals surface area (Å²) in [5.74, 6) is 2.77. The highest BCUT2D eigenvalue weighted by Gasteiger charge is 2.52. The van der Waals surface area contributed by atoms with Gasteiger partial charge in [0, 0.05) is 77.0 Å². The number of aryl methyl sites for hydroxylation is 3. The molecule has 1 aliphatic heterocycles. The number of ether oxygens (including phenoxy) is 5. The number of aldehydes is 3. The third kappa shape index (κ3) is 18.4. The van der Waals surface area contributed by atoms with Gasteiger partial charge in [-0.05, 0) is 118 Å². The summed E-state index contributed by atoms with van der Waals surface area (Å²) in [6, 6.07) is 25.5. The van der Waals surface area contributed by atoms with Gasteiger partial charge >= 0.3 is 7.12 Å². The van der Waals surface area contributed by atoms with Crippen molar-refractivity contribution >= 4 is 160 Å². The van der Waals surface area contributed by atoms with Crippen LogP contribution in [-0.4, -0.2) is 161 Å². The molecule has 0 spiro atoms. The van der Waals surface area contributed by atoms with E-state index in [1.165, 1.54) is 30.5 Å². The molecule has 1 saturated heterocycles. The van der Waals surface area contributed by atoms with Gasteiger partial charge in [-0.1, -0.05) is 82.4 Å². The Bertz CT molecular complexity index is 4920. The highest BCUT2D eigenvalue weighted by molar-refractivity contribution is 9.10. The van der Waals surface area contributed by atoms with Gasteiger partial charge in [0.1, 0.15) is 45.3 Å². The number of benzene rings is 5. The Labute approximate surface area is 614 Å². The van der Waals surface area contributed by atoms with E-state index in [4.69, 9.17) is 67.8 Å². The Hall–Kier alpha value is -8.91. The van der Waals surface area contributed by atoms with Crippen molar-refractivity contribution in [3.05, 3.63) is 201 Å². The lowest BCUT2D eigenvalue weighted by Gasteiger charge is -2.32. The summed E-state index contributed by atoms with van der Waals surface area (Å²) in [6.45, 7) is 8.97. The molecule has 33 heteroatoms. The first-order chi connectivity index (χ1) is 47.7. The number of aromatic nitrogens is 9. The van der Waals surface area contributed by atoms with E-state index in [0.29, 0.717) is 92.7 Å². The molecular weight excluding hydrogens is 1410 g/mol. The maximum absolute atomic E-state index is 13.0. The first kappa shape index (κ1) is 81.1. The van der Waals surface area contributed by atoms with Gasteiger partial charge in [0.25, 0.3) is 16.7 Å². The second kappa shape index (κ2) is 36.1. The zero-order chi connectivity index (χ0) is 73.5. The number of hydrogen-bond acceptors (Lipinski definition) is 16. The molecule has 1 fully saturated rings. The van der Waals surface area contributed by atoms with Gasteiger partial charge in [0.2, 0.25) is 0 Å². The van der Waals surface area contributed by atoms with Gasteiger partial charge < -0.3 is 77.0 Å². The highest BCUT2D eigenvalue weighted by Crippen LogP contribution is 2.39. The predicted molar refractivity (Wildman–Crippen MR) is 408 cm³/mol. The number of nitrogens with zero attached hydrogens (tertiary/aromatic N) is 8. The molecule has 1 aliphatic rings. The van der Waals surface area contributed by atoms with Crippen LogP contribution in [0.3, 0.4) is 0 Å². The van der Waals surface area contributed by atoms with Crippen molar-refractivity contribution in [2.24, 2.45) is 21.1 Å². The summed E-state index contributed by atoms with van der Waals surface area (Å²) in [7, 11) is 32.2. The van der Waals surface area contributed by atoms with Crippen LogP contribution in [0.2, 0.25) is 15.1 Å². The monoisotopic (exact) mass is 1480 g/mol. The Balaban J connectivity index is 0.000000213. The molecular formula is C68H68B7BrCl3N9O13-3. The normalized spacial score (nSPS) is 12.2. The number of carbonyl (C=O) groups excluding carboxylic acids is 3. The predicted octanol–water partition coefficient (Wildman–Crippen LogP) is 9.70. The molecule has 0 atom stereocenters. The maximum Gasteiger partial charge on any atom is 0.497 e. The Kier molecular flexibility index (Phi) is 29.0. The van der Waals surface area contributed by atoms with Gasteiger partial charge in [-0.2, -0.15) is 15.3 Å². The van der Waals surface area contributed by atoms with E-state index in [1.54, 1.807) is 123 Å². The number of nitrogens with one attached hydrogen (secondary N) is 1. The van der Waals surface area contributed by atoms with Crippen molar-refractivity contribution in [3.63, 3.8) is 0 Å². The molecule has 0 saturated carbocycles. The van der Waals surface area contributed by atoms with Crippen molar-refractivity contribution in [1.82, 2.24) is 43.5 Å². The molecule has 11 aromatic rings. The number of carbonyl (C=O) groups is 3. The fourth-order valence-corrected chi connectivity index (χ4v) is 11.7. The van der Waals surface area contributed by atoms with Gasteiger partial charge in [0.15, 0.2) is 18.9 Å². The fraction of sp³-hybridized carbons (Fsp3) is 0.250. The molecule has 515 valence electrons. The van der Waals surface area contributed by atoms with Crippen LogP contribution in [0.5, 0.6) is 28.7 Å². The molecule has 7 heterocycles. The standard InChI is InChI=1S/C23H20ClN3O4.C21H26BN3O4.C15H12ClN3O3.C8H6BrClO2.CH4.2B3/c1-26-12-18(15-8-20(24)19(13-28)21(9-15)31-3)17-10-25-27(22(17)23(26)29)11-14-4-6-16(30-2)7-5-14;1-20(2)21(3,4)29-22(28-20)17-13-24(5)19(26)18-16(17)11-23-25(18)12-14-7-9-15(27-6)10-8-14;1-19-6-10(9-5-17-18-14(9)15(19)21)8-3-12(16)11(7-20)13(4-8)22-2;1-12-8-3-5(9)2-7(10)6(8)4-11;;2*1-3-2/h4-10,12-13H,11H2,1-3H3;7-11,13H,12H2,1-6H3;3-7H,1-2H3,(H,17,18);2-4H,1H3;1H4;;/q;;;;;-2;-1. The summed E-state index contributed by atoms with van der Waals surface area (Å²) in [6.07, 6.45) is 12.2. The summed E-state index contributed by atoms with van der Waals surface area (Å²) >= 11 is 21.5. The van der Waals surface area contributed by atoms with Gasteiger partial charge in [-0.25, -0.2) is 0 Å². The van der Waals surface area contributed by atoms with Crippen LogP contribution in [-0.2, 0) is 43.5 Å². The maximum atomic E-state index is 13.0. The van der Waals surface area contributed by atoms with Crippen molar-refractivity contribution in [2.45, 2.75) is 59.4 Å². The lowest BCUT2D eigenvalue weighted by molar-refractivity contribution is 0.00578. The van der Waals surface area contributed by atoms with Crippen LogP contribution in [0.25, 0.3) is 55.0 Å². The van der Waals surface area contributed by atoms with E-state index in [9.17, 15) is 28.8 Å². The smallest absolute Gasteiger partial charge is 0.497 e.